The van der Waals surface area contributed by atoms with Crippen LogP contribution >= 0.6 is 34.8 Å². The Morgan fingerprint density at radius 1 is 1.06 bits per heavy atom. The van der Waals surface area contributed by atoms with Crippen molar-refractivity contribution in [2.45, 2.75) is 19.8 Å². The zero-order valence-electron chi connectivity index (χ0n) is 9.42. The zero-order valence-corrected chi connectivity index (χ0v) is 11.7. The van der Waals surface area contributed by atoms with E-state index in [1.54, 1.807) is 16.8 Å². The van der Waals surface area contributed by atoms with E-state index in [1.807, 2.05) is 12.1 Å². The fraction of sp³-hybridized carbons (Fsp3) is 0.250. The lowest BCUT2D eigenvalue weighted by molar-refractivity contribution is 0.768. The van der Waals surface area contributed by atoms with Crippen LogP contribution in [0.1, 0.15) is 25.5 Å². The molecule has 1 aromatic heterocycles. The maximum Gasteiger partial charge on any atom is 0.133 e. The SMILES string of the molecule is CC(C)c1cc(Cl)n(-c2ccc(Cl)c(Cl)c2)n1. The van der Waals surface area contributed by atoms with Gasteiger partial charge in [0.1, 0.15) is 5.15 Å². The van der Waals surface area contributed by atoms with E-state index in [0.29, 0.717) is 21.1 Å². The Morgan fingerprint density at radius 3 is 2.29 bits per heavy atom. The number of benzene rings is 1. The molecule has 0 saturated heterocycles. The molecule has 0 radical (unpaired) electrons. The second-order valence-electron chi connectivity index (χ2n) is 4.06. The number of nitrogens with zero attached hydrogens (tertiary/aromatic N) is 2. The smallest absolute Gasteiger partial charge is 0.133 e. The Morgan fingerprint density at radius 2 is 1.76 bits per heavy atom. The lowest BCUT2D eigenvalue weighted by atomic mass is 10.1. The first-order chi connectivity index (χ1) is 7.99. The van der Waals surface area contributed by atoms with E-state index in [1.165, 1.54) is 0 Å². The highest BCUT2D eigenvalue weighted by Gasteiger charge is 2.11. The van der Waals surface area contributed by atoms with Crippen molar-refractivity contribution >= 4 is 34.8 Å². The Kier molecular flexibility index (Phi) is 3.67. The van der Waals surface area contributed by atoms with E-state index < -0.39 is 0 Å². The van der Waals surface area contributed by atoms with Gasteiger partial charge in [-0.2, -0.15) is 5.10 Å². The summed E-state index contributed by atoms with van der Waals surface area (Å²) >= 11 is 18.0. The number of rotatable bonds is 2. The van der Waals surface area contributed by atoms with Gasteiger partial charge in [-0.05, 0) is 30.2 Å². The van der Waals surface area contributed by atoms with Gasteiger partial charge in [0, 0.05) is 0 Å². The highest BCUT2D eigenvalue weighted by Crippen LogP contribution is 2.27. The molecule has 0 atom stereocenters. The summed E-state index contributed by atoms with van der Waals surface area (Å²) in [5, 5.41) is 6.00. The van der Waals surface area contributed by atoms with Crippen molar-refractivity contribution < 1.29 is 0 Å². The van der Waals surface area contributed by atoms with Crippen LogP contribution in [-0.2, 0) is 0 Å². The summed E-state index contributed by atoms with van der Waals surface area (Å²) < 4.78 is 1.65. The number of halogens is 3. The first-order valence-electron chi connectivity index (χ1n) is 5.20. The fourth-order valence-electron chi connectivity index (χ4n) is 1.46. The third-order valence-corrected chi connectivity index (χ3v) is 3.43. The first-order valence-corrected chi connectivity index (χ1v) is 6.33. The molecule has 2 rings (SSSR count). The molecule has 0 aliphatic carbocycles. The maximum absolute atomic E-state index is 6.14. The molecule has 5 heteroatoms. The molecule has 0 aliphatic heterocycles. The Hall–Kier alpha value is -0.700. The standard InChI is InChI=1S/C12H11Cl3N2/c1-7(2)11-6-12(15)17(16-11)8-3-4-9(13)10(14)5-8/h3-7H,1-2H3. The summed E-state index contributed by atoms with van der Waals surface area (Å²) in [6.45, 7) is 4.13. The van der Waals surface area contributed by atoms with Crippen molar-refractivity contribution in [3.63, 3.8) is 0 Å². The predicted octanol–water partition coefficient (Wildman–Crippen LogP) is 4.96. The van der Waals surface area contributed by atoms with Gasteiger partial charge in [-0.25, -0.2) is 4.68 Å². The zero-order chi connectivity index (χ0) is 12.6. The molecule has 0 amide bonds. The van der Waals surface area contributed by atoms with Crippen molar-refractivity contribution in [3.05, 3.63) is 45.2 Å². The van der Waals surface area contributed by atoms with Gasteiger partial charge in [-0.3, -0.25) is 0 Å². The van der Waals surface area contributed by atoms with Crippen LogP contribution in [0.2, 0.25) is 15.2 Å². The molecular formula is C12H11Cl3N2. The van der Waals surface area contributed by atoms with Crippen LogP contribution in [0.4, 0.5) is 0 Å². The van der Waals surface area contributed by atoms with Gasteiger partial charge >= 0.3 is 0 Å². The number of hydrogen-bond donors (Lipinski definition) is 0. The van der Waals surface area contributed by atoms with E-state index in [-0.39, 0.29) is 0 Å². The minimum absolute atomic E-state index is 0.330. The minimum Gasteiger partial charge on any atom is -0.222 e. The average Bonchev–Trinajstić information content (AvgIpc) is 2.65. The summed E-state index contributed by atoms with van der Waals surface area (Å²) in [4.78, 5) is 0. The number of hydrogen-bond acceptors (Lipinski definition) is 1. The van der Waals surface area contributed by atoms with E-state index in [2.05, 4.69) is 18.9 Å². The molecule has 0 aliphatic rings. The first kappa shape index (κ1) is 12.7. The van der Waals surface area contributed by atoms with Gasteiger partial charge in [0.25, 0.3) is 0 Å². The van der Waals surface area contributed by atoms with Crippen molar-refractivity contribution in [2.75, 3.05) is 0 Å². The van der Waals surface area contributed by atoms with Crippen LogP contribution in [0, 0.1) is 0 Å². The average molecular weight is 290 g/mol. The molecule has 17 heavy (non-hydrogen) atoms. The van der Waals surface area contributed by atoms with Crippen LogP contribution in [0.15, 0.2) is 24.3 Å². The van der Waals surface area contributed by atoms with Gasteiger partial charge in [0.05, 0.1) is 21.4 Å². The van der Waals surface area contributed by atoms with Gasteiger partial charge < -0.3 is 0 Å². The second kappa shape index (κ2) is 4.89. The lowest BCUT2D eigenvalue weighted by Crippen LogP contribution is -1.98. The molecular weight excluding hydrogens is 279 g/mol. The van der Waals surface area contributed by atoms with Crippen molar-refractivity contribution in [1.82, 2.24) is 9.78 Å². The molecule has 0 bridgehead atoms. The Bertz CT molecular complexity index is 547. The second-order valence-corrected chi connectivity index (χ2v) is 5.26. The topological polar surface area (TPSA) is 17.8 Å². The molecule has 0 N–H and O–H groups in total. The molecule has 0 fully saturated rings. The molecule has 0 spiro atoms. The summed E-state index contributed by atoms with van der Waals surface area (Å²) in [6, 6.07) is 7.16. The van der Waals surface area contributed by atoms with Gasteiger partial charge in [-0.1, -0.05) is 48.7 Å². The lowest BCUT2D eigenvalue weighted by Gasteiger charge is -2.05. The van der Waals surface area contributed by atoms with Crippen LogP contribution in [0.3, 0.4) is 0 Å². The highest BCUT2D eigenvalue weighted by atomic mass is 35.5. The molecule has 0 saturated carbocycles. The third kappa shape index (κ3) is 2.59. The van der Waals surface area contributed by atoms with E-state index in [9.17, 15) is 0 Å². The minimum atomic E-state index is 0.330. The summed E-state index contributed by atoms with van der Waals surface area (Å²) in [5.41, 5.74) is 1.75. The molecule has 1 heterocycles. The molecule has 1 aromatic carbocycles. The summed E-state index contributed by atoms with van der Waals surface area (Å²) in [5.74, 6) is 0.330. The monoisotopic (exact) mass is 288 g/mol. The van der Waals surface area contributed by atoms with Crippen LogP contribution in [-0.4, -0.2) is 9.78 Å². The molecule has 0 unspecified atom stereocenters. The van der Waals surface area contributed by atoms with Crippen molar-refractivity contribution in [2.24, 2.45) is 0 Å². The van der Waals surface area contributed by atoms with Crippen LogP contribution in [0.5, 0.6) is 0 Å². The van der Waals surface area contributed by atoms with E-state index in [0.717, 1.165) is 11.4 Å². The third-order valence-electron chi connectivity index (χ3n) is 2.42. The molecule has 90 valence electrons. The van der Waals surface area contributed by atoms with Crippen LogP contribution in [0.25, 0.3) is 5.69 Å². The van der Waals surface area contributed by atoms with Crippen LogP contribution < -0.4 is 0 Å². The fourth-order valence-corrected chi connectivity index (χ4v) is 1.99. The quantitative estimate of drug-likeness (QED) is 0.764. The molecule has 2 nitrogen and oxygen atoms in total. The highest BCUT2D eigenvalue weighted by molar-refractivity contribution is 6.42. The van der Waals surface area contributed by atoms with Crippen molar-refractivity contribution in [3.8, 4) is 5.69 Å². The van der Waals surface area contributed by atoms with Crippen molar-refractivity contribution in [1.29, 1.82) is 0 Å². The Balaban J connectivity index is 2.49. The van der Waals surface area contributed by atoms with Gasteiger partial charge in [-0.15, -0.1) is 0 Å². The predicted molar refractivity (Wildman–Crippen MR) is 72.7 cm³/mol. The Labute approximate surface area is 115 Å². The van der Waals surface area contributed by atoms with E-state index >= 15 is 0 Å². The molecule has 2 aromatic rings. The largest absolute Gasteiger partial charge is 0.222 e. The summed E-state index contributed by atoms with van der Waals surface area (Å²) in [7, 11) is 0. The van der Waals surface area contributed by atoms with Gasteiger partial charge in [0.2, 0.25) is 0 Å². The number of aromatic nitrogens is 2. The van der Waals surface area contributed by atoms with E-state index in [4.69, 9.17) is 34.8 Å². The normalized spacial score (nSPS) is 11.2. The van der Waals surface area contributed by atoms with Gasteiger partial charge in [0.15, 0.2) is 0 Å². The maximum atomic E-state index is 6.14. The summed E-state index contributed by atoms with van der Waals surface area (Å²) in [6.07, 6.45) is 0.